The zero-order valence-corrected chi connectivity index (χ0v) is 18.5. The monoisotopic (exact) mass is 518 g/mol. The maximum absolute atomic E-state index is 13.7. The summed E-state index contributed by atoms with van der Waals surface area (Å²) in [5.74, 6) is -3.32. The number of ether oxygens (including phenoxy) is 2. The number of alkyl halides is 3. The van der Waals surface area contributed by atoms with Crippen LogP contribution in [0.1, 0.15) is 21.7 Å². The minimum absolute atomic E-state index is 0.0531. The Morgan fingerprint density at radius 3 is 2.33 bits per heavy atom. The molecule has 0 atom stereocenters. The number of aryl methyl sites for hydroxylation is 1. The third kappa shape index (κ3) is 4.93. The lowest BCUT2D eigenvalue weighted by atomic mass is 10.2. The second-order valence-corrected chi connectivity index (χ2v) is 7.98. The van der Waals surface area contributed by atoms with Gasteiger partial charge in [-0.3, -0.25) is 4.79 Å². The highest BCUT2D eigenvalue weighted by atomic mass is 79.9. The molecule has 0 N–H and O–H groups in total. The molecule has 168 valence electrons. The van der Waals surface area contributed by atoms with E-state index in [0.717, 1.165) is 11.6 Å². The van der Waals surface area contributed by atoms with Crippen LogP contribution in [0.3, 0.4) is 0 Å². The molecule has 3 aromatic carbocycles. The van der Waals surface area contributed by atoms with Crippen molar-refractivity contribution < 1.29 is 31.9 Å². The predicted octanol–water partition coefficient (Wildman–Crippen LogP) is 6.89. The molecule has 0 spiro atoms. The number of hydrogen-bond acceptors (Lipinski definition) is 5. The van der Waals surface area contributed by atoms with Crippen molar-refractivity contribution in [2.24, 2.45) is 0 Å². The number of esters is 1. The molecule has 0 radical (unpaired) electrons. The average molecular weight is 519 g/mol. The van der Waals surface area contributed by atoms with Crippen LogP contribution in [0.15, 0.2) is 80.4 Å². The summed E-state index contributed by atoms with van der Waals surface area (Å²) < 4.78 is 57.3. The molecule has 4 rings (SSSR count). The minimum Gasteiger partial charge on any atom is -0.449 e. The zero-order valence-electron chi connectivity index (χ0n) is 16.9. The summed E-state index contributed by atoms with van der Waals surface area (Å²) in [4.78, 5) is 25.2. The van der Waals surface area contributed by atoms with Crippen molar-refractivity contribution in [1.29, 1.82) is 0 Å². The van der Waals surface area contributed by atoms with Crippen LogP contribution in [-0.4, -0.2) is 5.97 Å². The van der Waals surface area contributed by atoms with Gasteiger partial charge in [-0.05, 0) is 49.4 Å². The Morgan fingerprint density at radius 1 is 0.970 bits per heavy atom. The number of rotatable bonds is 4. The predicted molar refractivity (Wildman–Crippen MR) is 118 cm³/mol. The Hall–Kier alpha value is -3.59. The summed E-state index contributed by atoms with van der Waals surface area (Å²) in [5.41, 5.74) is -0.310. The third-order valence-electron chi connectivity index (χ3n) is 4.59. The van der Waals surface area contributed by atoms with Crippen molar-refractivity contribution in [2.75, 3.05) is 0 Å². The lowest BCUT2D eigenvalue weighted by Crippen LogP contribution is -2.15. The first-order valence-electron chi connectivity index (χ1n) is 9.52. The largest absolute Gasteiger partial charge is 0.453 e. The van der Waals surface area contributed by atoms with E-state index in [9.17, 15) is 22.8 Å². The molecule has 5 nitrogen and oxygen atoms in total. The SMILES string of the molecule is Cc1ccc(Oc2c(C(F)(F)F)oc3cc(OC(=O)c4cccc(Br)c4)ccc3c2=O)cc1. The summed E-state index contributed by atoms with van der Waals surface area (Å²) in [6, 6.07) is 16.1. The molecule has 0 saturated heterocycles. The van der Waals surface area contributed by atoms with Gasteiger partial charge in [0.2, 0.25) is 11.2 Å². The Balaban J connectivity index is 1.75. The fourth-order valence-electron chi connectivity index (χ4n) is 3.00. The van der Waals surface area contributed by atoms with Crippen LogP contribution in [0.4, 0.5) is 13.2 Å². The van der Waals surface area contributed by atoms with E-state index in [1.807, 2.05) is 0 Å². The third-order valence-corrected chi connectivity index (χ3v) is 5.08. The van der Waals surface area contributed by atoms with Gasteiger partial charge in [0.25, 0.3) is 5.76 Å². The first-order valence-corrected chi connectivity index (χ1v) is 10.3. The molecule has 4 aromatic rings. The maximum Gasteiger partial charge on any atom is 0.453 e. The van der Waals surface area contributed by atoms with Gasteiger partial charge in [0.05, 0.1) is 10.9 Å². The molecule has 0 amide bonds. The second kappa shape index (κ2) is 8.74. The van der Waals surface area contributed by atoms with Gasteiger partial charge in [-0.25, -0.2) is 4.79 Å². The topological polar surface area (TPSA) is 65.7 Å². The first kappa shape index (κ1) is 22.6. The zero-order chi connectivity index (χ0) is 23.8. The van der Waals surface area contributed by atoms with E-state index in [2.05, 4.69) is 15.9 Å². The summed E-state index contributed by atoms with van der Waals surface area (Å²) >= 11 is 3.24. The lowest BCUT2D eigenvalue weighted by molar-refractivity contribution is -0.154. The molecule has 0 unspecified atom stereocenters. The second-order valence-electron chi connectivity index (χ2n) is 7.06. The molecule has 1 heterocycles. The van der Waals surface area contributed by atoms with E-state index in [4.69, 9.17) is 13.9 Å². The van der Waals surface area contributed by atoms with Crippen molar-refractivity contribution >= 4 is 32.9 Å². The summed E-state index contributed by atoms with van der Waals surface area (Å²) in [7, 11) is 0. The van der Waals surface area contributed by atoms with Crippen molar-refractivity contribution in [2.45, 2.75) is 13.1 Å². The number of carbonyl (C=O) groups excluding carboxylic acids is 1. The normalized spacial score (nSPS) is 11.4. The van der Waals surface area contributed by atoms with Crippen LogP contribution in [0.25, 0.3) is 11.0 Å². The van der Waals surface area contributed by atoms with Crippen LogP contribution in [0.5, 0.6) is 17.2 Å². The van der Waals surface area contributed by atoms with Crippen molar-refractivity contribution in [3.05, 3.63) is 98.3 Å². The van der Waals surface area contributed by atoms with Crippen LogP contribution < -0.4 is 14.9 Å². The number of fused-ring (bicyclic) bond motifs is 1. The standard InChI is InChI=1S/C24H14BrF3O5/c1-13-5-7-16(8-6-13)31-21-20(29)18-10-9-17(12-19(18)33-22(21)24(26,27)28)32-23(30)14-3-2-4-15(25)11-14/h2-12H,1H3. The van der Waals surface area contributed by atoms with Gasteiger partial charge in [-0.15, -0.1) is 0 Å². The van der Waals surface area contributed by atoms with Crippen LogP contribution in [0.2, 0.25) is 0 Å². The highest BCUT2D eigenvalue weighted by Gasteiger charge is 2.40. The van der Waals surface area contributed by atoms with E-state index in [1.54, 1.807) is 31.2 Å². The van der Waals surface area contributed by atoms with E-state index in [0.29, 0.717) is 4.47 Å². The van der Waals surface area contributed by atoms with E-state index >= 15 is 0 Å². The molecule has 1 aromatic heterocycles. The summed E-state index contributed by atoms with van der Waals surface area (Å²) in [6.07, 6.45) is -5.00. The molecular weight excluding hydrogens is 505 g/mol. The Bertz CT molecular complexity index is 1410. The van der Waals surface area contributed by atoms with Gasteiger partial charge in [0, 0.05) is 10.5 Å². The van der Waals surface area contributed by atoms with Gasteiger partial charge in [-0.1, -0.05) is 39.7 Å². The van der Waals surface area contributed by atoms with Crippen LogP contribution >= 0.6 is 15.9 Å². The van der Waals surface area contributed by atoms with Crippen LogP contribution in [0, 0.1) is 6.92 Å². The molecule has 0 bridgehead atoms. The Morgan fingerprint density at radius 2 is 1.67 bits per heavy atom. The summed E-state index contributed by atoms with van der Waals surface area (Å²) in [6.45, 7) is 1.80. The van der Waals surface area contributed by atoms with E-state index in [-0.39, 0.29) is 22.4 Å². The van der Waals surface area contributed by atoms with Crippen molar-refractivity contribution in [3.8, 4) is 17.2 Å². The van der Waals surface area contributed by atoms with E-state index in [1.165, 1.54) is 36.4 Å². The van der Waals surface area contributed by atoms with Gasteiger partial charge < -0.3 is 13.9 Å². The lowest BCUT2D eigenvalue weighted by Gasteiger charge is -2.13. The molecule has 0 saturated carbocycles. The highest BCUT2D eigenvalue weighted by molar-refractivity contribution is 9.10. The fourth-order valence-corrected chi connectivity index (χ4v) is 3.40. The Labute approximate surface area is 193 Å². The molecule has 0 aliphatic carbocycles. The smallest absolute Gasteiger partial charge is 0.449 e. The number of halogens is 4. The molecular formula is C24H14BrF3O5. The molecule has 33 heavy (non-hydrogen) atoms. The fraction of sp³-hybridized carbons (Fsp3) is 0.0833. The maximum atomic E-state index is 13.7. The molecule has 0 aliphatic heterocycles. The van der Waals surface area contributed by atoms with Crippen molar-refractivity contribution in [3.63, 3.8) is 0 Å². The Kier molecular flexibility index (Phi) is 5.99. The van der Waals surface area contributed by atoms with Gasteiger partial charge in [0.1, 0.15) is 17.1 Å². The van der Waals surface area contributed by atoms with Gasteiger partial charge in [0.15, 0.2) is 0 Å². The number of carbonyl (C=O) groups is 1. The molecule has 0 fully saturated rings. The summed E-state index contributed by atoms with van der Waals surface area (Å²) in [5, 5.41) is -0.160. The number of hydrogen-bond donors (Lipinski definition) is 0. The molecule has 0 aliphatic rings. The van der Waals surface area contributed by atoms with E-state index < -0.39 is 34.7 Å². The van der Waals surface area contributed by atoms with Crippen LogP contribution in [-0.2, 0) is 6.18 Å². The molecule has 9 heteroatoms. The van der Waals surface area contributed by atoms with Crippen molar-refractivity contribution in [1.82, 2.24) is 0 Å². The quantitative estimate of drug-likeness (QED) is 0.217. The van der Waals surface area contributed by atoms with Gasteiger partial charge >= 0.3 is 12.1 Å². The minimum atomic E-state index is -5.00. The first-order chi connectivity index (χ1) is 15.6. The van der Waals surface area contributed by atoms with Gasteiger partial charge in [-0.2, -0.15) is 13.2 Å². The highest BCUT2D eigenvalue weighted by Crippen LogP contribution is 2.38. The average Bonchev–Trinajstić information content (AvgIpc) is 2.76. The number of benzene rings is 3.